The van der Waals surface area contributed by atoms with Crippen molar-refractivity contribution in [1.29, 1.82) is 0 Å². The summed E-state index contributed by atoms with van der Waals surface area (Å²) in [5.74, 6) is 0.109. The van der Waals surface area contributed by atoms with Crippen LogP contribution in [0.5, 0.6) is 5.75 Å². The van der Waals surface area contributed by atoms with E-state index < -0.39 is 20.0 Å². The minimum Gasteiger partial charge on any atom is -0.492 e. The van der Waals surface area contributed by atoms with Gasteiger partial charge < -0.3 is 15.0 Å². The fourth-order valence-electron chi connectivity index (χ4n) is 4.57. The maximum absolute atomic E-state index is 13.1. The second kappa shape index (κ2) is 12.1. The van der Waals surface area contributed by atoms with Crippen LogP contribution in [0.1, 0.15) is 35.2 Å². The Balaban J connectivity index is 1.31. The number of carbonyl (C=O) groups excluding carboxylic acids is 1. The number of amides is 1. The lowest BCUT2D eigenvalue weighted by Gasteiger charge is -2.31. The molecule has 208 valence electrons. The molecular weight excluding hydrogens is 528 g/mol. The van der Waals surface area contributed by atoms with Gasteiger partial charge in [0.15, 0.2) is 0 Å². The highest BCUT2D eigenvalue weighted by Crippen LogP contribution is 2.23. The molecular formula is C26H36N4O6S2. The van der Waals surface area contributed by atoms with E-state index in [2.05, 4.69) is 10.2 Å². The number of nitrogens with zero attached hydrogens (tertiary/aromatic N) is 3. The summed E-state index contributed by atoms with van der Waals surface area (Å²) in [7, 11) is -5.23. The maximum Gasteiger partial charge on any atom is 0.251 e. The molecule has 2 fully saturated rings. The van der Waals surface area contributed by atoms with Crippen molar-refractivity contribution >= 4 is 26.0 Å². The molecule has 0 aliphatic carbocycles. The molecule has 0 radical (unpaired) electrons. The summed E-state index contributed by atoms with van der Waals surface area (Å²) >= 11 is 0. The van der Waals surface area contributed by atoms with E-state index >= 15 is 0 Å². The van der Waals surface area contributed by atoms with Crippen LogP contribution in [-0.4, -0.2) is 95.7 Å². The number of carbonyl (C=O) groups is 1. The van der Waals surface area contributed by atoms with Crippen LogP contribution in [-0.2, 0) is 20.0 Å². The van der Waals surface area contributed by atoms with Crippen LogP contribution in [0.15, 0.2) is 52.3 Å². The van der Waals surface area contributed by atoms with Crippen molar-refractivity contribution in [2.75, 3.05) is 59.5 Å². The number of hydrogen-bond donors (Lipinski definition) is 1. The molecule has 0 unspecified atom stereocenters. The molecule has 2 aromatic carbocycles. The molecule has 1 amide bonds. The first-order valence-corrected chi connectivity index (χ1v) is 15.8. The first-order chi connectivity index (χ1) is 18.1. The van der Waals surface area contributed by atoms with Crippen LogP contribution in [0.2, 0.25) is 0 Å². The lowest BCUT2D eigenvalue weighted by molar-refractivity contribution is 0.0946. The Morgan fingerprint density at radius 1 is 0.816 bits per heavy atom. The lowest BCUT2D eigenvalue weighted by atomic mass is 10.1. The molecule has 2 heterocycles. The Hall–Kier alpha value is -2.51. The molecule has 0 aromatic heterocycles. The molecule has 2 saturated heterocycles. The second-order valence-corrected chi connectivity index (χ2v) is 13.6. The summed E-state index contributed by atoms with van der Waals surface area (Å²) in [5.41, 5.74) is 0.971. The summed E-state index contributed by atoms with van der Waals surface area (Å²) < 4.78 is 60.4. The van der Waals surface area contributed by atoms with E-state index in [9.17, 15) is 21.6 Å². The number of likely N-dealkylation sites (N-methyl/N-ethyl adjacent to an activating group) is 1. The van der Waals surface area contributed by atoms with Crippen molar-refractivity contribution in [2.45, 2.75) is 36.0 Å². The van der Waals surface area contributed by atoms with Crippen LogP contribution in [0, 0.1) is 6.92 Å². The average molecular weight is 565 g/mol. The largest absolute Gasteiger partial charge is 0.492 e. The number of piperidine rings is 1. The van der Waals surface area contributed by atoms with Gasteiger partial charge in [0, 0.05) is 44.8 Å². The van der Waals surface area contributed by atoms with Crippen molar-refractivity contribution in [1.82, 2.24) is 18.8 Å². The minimum atomic E-state index is -3.68. The molecule has 0 bridgehead atoms. The van der Waals surface area contributed by atoms with Gasteiger partial charge in [-0.15, -0.1) is 0 Å². The summed E-state index contributed by atoms with van der Waals surface area (Å²) in [6, 6.07) is 10.9. The van der Waals surface area contributed by atoms with Gasteiger partial charge in [-0.05, 0) is 68.8 Å². The molecule has 1 N–H and O–H groups in total. The molecule has 0 saturated carbocycles. The van der Waals surface area contributed by atoms with Crippen LogP contribution in [0.25, 0.3) is 0 Å². The van der Waals surface area contributed by atoms with Gasteiger partial charge in [-0.1, -0.05) is 12.5 Å². The van der Waals surface area contributed by atoms with Crippen LogP contribution in [0.3, 0.4) is 0 Å². The second-order valence-electron chi connectivity index (χ2n) is 9.72. The number of piperazine rings is 1. The zero-order valence-electron chi connectivity index (χ0n) is 21.9. The number of hydrogen-bond acceptors (Lipinski definition) is 7. The maximum atomic E-state index is 13.1. The van der Waals surface area contributed by atoms with Crippen molar-refractivity contribution in [3.8, 4) is 5.75 Å². The summed E-state index contributed by atoms with van der Waals surface area (Å²) in [4.78, 5) is 15.2. The Labute approximate surface area is 225 Å². The molecule has 38 heavy (non-hydrogen) atoms. The highest BCUT2D eigenvalue weighted by atomic mass is 32.2. The first kappa shape index (κ1) is 28.5. The number of benzene rings is 2. The summed E-state index contributed by atoms with van der Waals surface area (Å²) in [6.07, 6.45) is 2.81. The predicted octanol–water partition coefficient (Wildman–Crippen LogP) is 1.91. The van der Waals surface area contributed by atoms with Gasteiger partial charge in [0.05, 0.1) is 16.3 Å². The number of ether oxygens (including phenoxy) is 1. The summed E-state index contributed by atoms with van der Waals surface area (Å²) in [6.45, 7) is 5.37. The highest BCUT2D eigenvalue weighted by molar-refractivity contribution is 7.89. The van der Waals surface area contributed by atoms with E-state index in [4.69, 9.17) is 4.74 Å². The van der Waals surface area contributed by atoms with Crippen LogP contribution >= 0.6 is 0 Å². The van der Waals surface area contributed by atoms with Gasteiger partial charge in [0.2, 0.25) is 20.0 Å². The molecule has 4 rings (SSSR count). The van der Waals surface area contributed by atoms with Gasteiger partial charge in [-0.25, -0.2) is 16.8 Å². The predicted molar refractivity (Wildman–Crippen MR) is 144 cm³/mol. The third-order valence-electron chi connectivity index (χ3n) is 6.99. The third kappa shape index (κ3) is 6.55. The third-order valence-corrected chi connectivity index (χ3v) is 10.8. The topological polar surface area (TPSA) is 116 Å². The van der Waals surface area contributed by atoms with Crippen molar-refractivity contribution < 1.29 is 26.4 Å². The van der Waals surface area contributed by atoms with Gasteiger partial charge in [-0.2, -0.15) is 8.61 Å². The Kier molecular flexibility index (Phi) is 9.09. The summed E-state index contributed by atoms with van der Waals surface area (Å²) in [5, 5.41) is 2.77. The zero-order valence-corrected chi connectivity index (χ0v) is 23.6. The van der Waals surface area contributed by atoms with Gasteiger partial charge >= 0.3 is 0 Å². The minimum absolute atomic E-state index is 0.105. The van der Waals surface area contributed by atoms with Crippen LogP contribution in [0.4, 0.5) is 0 Å². The quantitative estimate of drug-likeness (QED) is 0.463. The van der Waals surface area contributed by atoms with Gasteiger partial charge in [0.1, 0.15) is 12.4 Å². The Bertz CT molecular complexity index is 1330. The van der Waals surface area contributed by atoms with E-state index in [0.717, 1.165) is 19.3 Å². The number of nitrogens with one attached hydrogen (secondary N) is 1. The van der Waals surface area contributed by atoms with E-state index in [1.165, 1.54) is 32.9 Å². The standard InChI is InChI=1S/C26H36N4O6S2/c1-21-6-9-24(38(34,35)30-17-15-28(2)16-18-30)20-25(21)26(31)27-12-19-36-22-7-10-23(11-8-22)37(32,33)29-13-4-3-5-14-29/h6-11,20H,3-5,12-19H2,1-2H3,(H,27,31). The van der Waals surface area contributed by atoms with Crippen LogP contribution < -0.4 is 10.1 Å². The number of sulfonamides is 2. The zero-order chi connectivity index (χ0) is 27.3. The smallest absolute Gasteiger partial charge is 0.251 e. The SMILES string of the molecule is Cc1ccc(S(=O)(=O)N2CCN(C)CC2)cc1C(=O)NCCOc1ccc(S(=O)(=O)N2CCCCC2)cc1. The van der Waals surface area contributed by atoms with E-state index in [1.807, 2.05) is 7.05 Å². The monoisotopic (exact) mass is 564 g/mol. The van der Waals surface area contributed by atoms with E-state index in [-0.39, 0.29) is 28.8 Å². The molecule has 2 aliphatic heterocycles. The fourth-order valence-corrected chi connectivity index (χ4v) is 7.54. The van der Waals surface area contributed by atoms with E-state index in [0.29, 0.717) is 56.1 Å². The Morgan fingerprint density at radius 2 is 1.39 bits per heavy atom. The normalized spacial score (nSPS) is 18.3. The molecule has 0 atom stereocenters. The van der Waals surface area contributed by atoms with Crippen molar-refractivity contribution in [2.24, 2.45) is 0 Å². The molecule has 2 aromatic rings. The fraction of sp³-hybridized carbons (Fsp3) is 0.500. The van der Waals surface area contributed by atoms with Crippen molar-refractivity contribution in [3.63, 3.8) is 0 Å². The number of rotatable bonds is 9. The number of aryl methyl sites for hydroxylation is 1. The first-order valence-electron chi connectivity index (χ1n) is 12.9. The Morgan fingerprint density at radius 3 is 2.05 bits per heavy atom. The van der Waals surface area contributed by atoms with Gasteiger partial charge in [-0.3, -0.25) is 4.79 Å². The van der Waals surface area contributed by atoms with E-state index in [1.54, 1.807) is 25.1 Å². The molecule has 0 spiro atoms. The van der Waals surface area contributed by atoms with Gasteiger partial charge in [0.25, 0.3) is 5.91 Å². The van der Waals surface area contributed by atoms with Crippen molar-refractivity contribution in [3.05, 3.63) is 53.6 Å². The molecule has 12 heteroatoms. The highest BCUT2D eigenvalue weighted by Gasteiger charge is 2.28. The molecule has 2 aliphatic rings. The average Bonchev–Trinajstić information content (AvgIpc) is 2.92. The molecule has 10 nitrogen and oxygen atoms in total. The lowest BCUT2D eigenvalue weighted by Crippen LogP contribution is -2.47.